The van der Waals surface area contributed by atoms with Gasteiger partial charge in [0.05, 0.1) is 3.42 Å². The number of aromatic nitrogens is 1. The third-order valence-corrected chi connectivity index (χ3v) is 3.39. The van der Waals surface area contributed by atoms with Crippen molar-refractivity contribution in [1.82, 2.24) is 4.98 Å². The SMILES string of the molecule is C[C@@]1(I)C=Cc2oc3ncccc3c2C=C1. The average Bonchev–Trinajstić information content (AvgIpc) is 2.54. The van der Waals surface area contributed by atoms with Crippen molar-refractivity contribution in [3.8, 4) is 0 Å². The van der Waals surface area contributed by atoms with Crippen molar-refractivity contribution in [1.29, 1.82) is 0 Å². The van der Waals surface area contributed by atoms with E-state index in [1.54, 1.807) is 6.20 Å². The molecule has 0 saturated heterocycles. The molecule has 3 heteroatoms. The summed E-state index contributed by atoms with van der Waals surface area (Å²) in [5.41, 5.74) is 1.83. The molecular formula is C13H10INO. The van der Waals surface area contributed by atoms with Crippen LogP contribution in [0.15, 0.2) is 34.9 Å². The topological polar surface area (TPSA) is 26.0 Å². The maximum atomic E-state index is 5.71. The Labute approximate surface area is 107 Å². The summed E-state index contributed by atoms with van der Waals surface area (Å²) in [4.78, 5) is 4.22. The molecule has 0 saturated carbocycles. The van der Waals surface area contributed by atoms with Gasteiger partial charge in [-0.3, -0.25) is 0 Å². The van der Waals surface area contributed by atoms with Crippen LogP contribution in [0.1, 0.15) is 18.2 Å². The van der Waals surface area contributed by atoms with Gasteiger partial charge in [-0.05, 0) is 25.1 Å². The first-order chi connectivity index (χ1) is 7.66. The van der Waals surface area contributed by atoms with Gasteiger partial charge < -0.3 is 4.42 Å². The number of pyridine rings is 1. The van der Waals surface area contributed by atoms with Crippen LogP contribution < -0.4 is 0 Å². The molecule has 2 aromatic heterocycles. The molecular weight excluding hydrogens is 313 g/mol. The van der Waals surface area contributed by atoms with Gasteiger partial charge in [0.15, 0.2) is 0 Å². The summed E-state index contributed by atoms with van der Waals surface area (Å²) in [6.07, 6.45) is 10.2. The zero-order chi connectivity index (χ0) is 11.2. The summed E-state index contributed by atoms with van der Waals surface area (Å²) in [5.74, 6) is 0.894. The largest absolute Gasteiger partial charge is 0.438 e. The van der Waals surface area contributed by atoms with E-state index in [0.29, 0.717) is 5.71 Å². The third-order valence-electron chi connectivity index (χ3n) is 2.67. The molecule has 80 valence electrons. The number of nitrogens with zero attached hydrogens (tertiary/aromatic N) is 1. The van der Waals surface area contributed by atoms with Crippen LogP contribution in [0.4, 0.5) is 0 Å². The van der Waals surface area contributed by atoms with Crippen LogP contribution in [0.2, 0.25) is 0 Å². The van der Waals surface area contributed by atoms with Crippen LogP contribution in [0, 0.1) is 0 Å². The van der Waals surface area contributed by atoms with E-state index in [0.717, 1.165) is 16.7 Å². The van der Waals surface area contributed by atoms with Crippen LogP contribution >= 0.6 is 22.6 Å². The van der Waals surface area contributed by atoms with Crippen molar-refractivity contribution in [3.63, 3.8) is 0 Å². The fourth-order valence-electron chi connectivity index (χ4n) is 1.81. The van der Waals surface area contributed by atoms with Gasteiger partial charge in [0.1, 0.15) is 5.76 Å². The molecule has 0 spiro atoms. The van der Waals surface area contributed by atoms with Crippen LogP contribution in [-0.2, 0) is 0 Å². The summed E-state index contributed by atoms with van der Waals surface area (Å²) < 4.78 is 5.76. The monoisotopic (exact) mass is 323 g/mol. The number of hydrogen-bond acceptors (Lipinski definition) is 2. The highest BCUT2D eigenvalue weighted by atomic mass is 127. The average molecular weight is 323 g/mol. The Bertz CT molecular complexity index is 607. The van der Waals surface area contributed by atoms with Crippen LogP contribution in [0.3, 0.4) is 0 Å². The maximum Gasteiger partial charge on any atom is 0.227 e. The minimum absolute atomic E-state index is 0.0494. The summed E-state index contributed by atoms with van der Waals surface area (Å²) >= 11 is 2.40. The van der Waals surface area contributed by atoms with E-state index in [9.17, 15) is 0 Å². The molecule has 3 rings (SSSR count). The van der Waals surface area contributed by atoms with Crippen molar-refractivity contribution < 1.29 is 4.42 Å². The molecule has 0 N–H and O–H groups in total. The third kappa shape index (κ3) is 1.59. The van der Waals surface area contributed by atoms with E-state index < -0.39 is 0 Å². The van der Waals surface area contributed by atoms with Gasteiger partial charge >= 0.3 is 0 Å². The summed E-state index contributed by atoms with van der Waals surface area (Å²) in [5, 5.41) is 1.08. The Morgan fingerprint density at radius 1 is 1.31 bits per heavy atom. The quantitative estimate of drug-likeness (QED) is 0.540. The molecule has 0 radical (unpaired) electrons. The standard InChI is InChI=1S/C13H10INO/c1-13(14)6-4-9-10-3-2-8-15-12(10)16-11(9)5-7-13/h2-8H,1H3/t13-/m0/s1. The van der Waals surface area contributed by atoms with Gasteiger partial charge in [-0.15, -0.1) is 0 Å². The zero-order valence-corrected chi connectivity index (χ0v) is 10.9. The van der Waals surface area contributed by atoms with Gasteiger partial charge in [-0.1, -0.05) is 40.8 Å². The lowest BCUT2D eigenvalue weighted by molar-refractivity contribution is 0.591. The molecule has 2 heterocycles. The van der Waals surface area contributed by atoms with Crippen LogP contribution in [0.25, 0.3) is 23.3 Å². The molecule has 1 aliphatic rings. The summed E-state index contributed by atoms with van der Waals surface area (Å²) in [6, 6.07) is 3.97. The second-order valence-electron chi connectivity index (χ2n) is 4.05. The lowest BCUT2D eigenvalue weighted by Gasteiger charge is -2.09. The Hall–Kier alpha value is -1.10. The molecule has 1 aliphatic carbocycles. The molecule has 0 aromatic carbocycles. The van der Waals surface area contributed by atoms with Gasteiger partial charge in [0, 0.05) is 17.1 Å². The molecule has 0 fully saturated rings. The number of halogens is 1. The Balaban J connectivity index is 2.30. The number of furan rings is 1. The molecule has 1 atom stereocenters. The highest BCUT2D eigenvalue weighted by molar-refractivity contribution is 14.1. The number of allylic oxidation sites excluding steroid dienone is 2. The maximum absolute atomic E-state index is 5.71. The fourth-order valence-corrected chi connectivity index (χ4v) is 2.16. The smallest absolute Gasteiger partial charge is 0.227 e. The highest BCUT2D eigenvalue weighted by Gasteiger charge is 2.18. The second-order valence-corrected chi connectivity index (χ2v) is 6.38. The number of alkyl halides is 1. The van der Waals surface area contributed by atoms with Crippen molar-refractivity contribution >= 4 is 45.8 Å². The van der Waals surface area contributed by atoms with Crippen LogP contribution in [0.5, 0.6) is 0 Å². The van der Waals surface area contributed by atoms with Gasteiger partial charge in [0.2, 0.25) is 5.71 Å². The first-order valence-corrected chi connectivity index (χ1v) is 6.18. The number of hydrogen-bond donors (Lipinski definition) is 0. The van der Waals surface area contributed by atoms with E-state index in [1.807, 2.05) is 18.2 Å². The molecule has 2 nitrogen and oxygen atoms in total. The number of fused-ring (bicyclic) bond motifs is 3. The Morgan fingerprint density at radius 2 is 2.12 bits per heavy atom. The van der Waals surface area contributed by atoms with E-state index in [1.165, 1.54) is 0 Å². The zero-order valence-electron chi connectivity index (χ0n) is 8.77. The van der Waals surface area contributed by atoms with E-state index in [-0.39, 0.29) is 3.42 Å². The van der Waals surface area contributed by atoms with Gasteiger partial charge in [-0.2, -0.15) is 0 Å². The molecule has 16 heavy (non-hydrogen) atoms. The normalized spacial score (nSPS) is 23.4. The van der Waals surface area contributed by atoms with Gasteiger partial charge in [-0.25, -0.2) is 4.98 Å². The lowest BCUT2D eigenvalue weighted by Crippen LogP contribution is -2.04. The molecule has 2 aromatic rings. The molecule has 0 bridgehead atoms. The molecule has 0 unspecified atom stereocenters. The molecule has 0 amide bonds. The van der Waals surface area contributed by atoms with E-state index in [4.69, 9.17) is 4.42 Å². The Kier molecular flexibility index (Phi) is 2.17. The predicted molar refractivity (Wildman–Crippen MR) is 74.5 cm³/mol. The highest BCUT2D eigenvalue weighted by Crippen LogP contribution is 2.33. The van der Waals surface area contributed by atoms with Crippen molar-refractivity contribution in [2.75, 3.05) is 0 Å². The first-order valence-electron chi connectivity index (χ1n) is 5.11. The van der Waals surface area contributed by atoms with Crippen molar-refractivity contribution in [2.45, 2.75) is 10.3 Å². The van der Waals surface area contributed by atoms with Crippen molar-refractivity contribution in [2.24, 2.45) is 0 Å². The minimum Gasteiger partial charge on any atom is -0.438 e. The second kappa shape index (κ2) is 3.45. The number of rotatable bonds is 0. The lowest BCUT2D eigenvalue weighted by atomic mass is 10.1. The molecule has 0 aliphatic heterocycles. The summed E-state index contributed by atoms with van der Waals surface area (Å²) in [6.45, 7) is 2.16. The first kappa shape index (κ1) is 10.1. The van der Waals surface area contributed by atoms with Crippen molar-refractivity contribution in [3.05, 3.63) is 41.8 Å². The Morgan fingerprint density at radius 3 is 3.00 bits per heavy atom. The van der Waals surface area contributed by atoms with Gasteiger partial charge in [0.25, 0.3) is 0 Å². The fraction of sp³-hybridized carbons (Fsp3) is 0.154. The van der Waals surface area contributed by atoms with Crippen LogP contribution in [-0.4, -0.2) is 8.41 Å². The van der Waals surface area contributed by atoms with E-state index in [2.05, 4.69) is 52.7 Å². The predicted octanol–water partition coefficient (Wildman–Crippen LogP) is 4.06. The minimum atomic E-state index is 0.0494. The summed E-state index contributed by atoms with van der Waals surface area (Å²) in [7, 11) is 0. The van der Waals surface area contributed by atoms with E-state index >= 15 is 0 Å².